The van der Waals surface area contributed by atoms with Crippen LogP contribution in [0, 0.1) is 5.41 Å². The summed E-state index contributed by atoms with van der Waals surface area (Å²) >= 11 is 0. The Balaban J connectivity index is 2.09. The fourth-order valence-corrected chi connectivity index (χ4v) is 2.89. The van der Waals surface area contributed by atoms with Crippen molar-refractivity contribution in [1.29, 1.82) is 0 Å². The summed E-state index contributed by atoms with van der Waals surface area (Å²) in [5.74, 6) is -0.0747. The maximum Gasteiger partial charge on any atom is 0.255 e. The van der Waals surface area contributed by atoms with E-state index < -0.39 is 0 Å². The van der Waals surface area contributed by atoms with Crippen molar-refractivity contribution in [3.05, 3.63) is 34.2 Å². The molecule has 20 heavy (non-hydrogen) atoms. The summed E-state index contributed by atoms with van der Waals surface area (Å²) in [6.07, 6.45) is 2.52. The lowest BCUT2D eigenvalue weighted by Gasteiger charge is -2.54. The van der Waals surface area contributed by atoms with Crippen LogP contribution in [-0.2, 0) is 4.74 Å². The van der Waals surface area contributed by atoms with Crippen LogP contribution in [0.1, 0.15) is 37.6 Å². The molecule has 1 aliphatic carbocycles. The molecule has 1 heterocycles. The number of amides is 1. The molecule has 5 nitrogen and oxygen atoms in total. The van der Waals surface area contributed by atoms with Gasteiger partial charge in [-0.3, -0.25) is 9.59 Å². The third-order valence-electron chi connectivity index (χ3n) is 4.31. The third-order valence-corrected chi connectivity index (χ3v) is 4.31. The second-order valence-corrected chi connectivity index (χ2v) is 5.87. The quantitative estimate of drug-likeness (QED) is 0.911. The molecule has 2 atom stereocenters. The highest BCUT2D eigenvalue weighted by Crippen LogP contribution is 2.45. The SMILES string of the molecule is CCO[C@@H]1C[C@H](N(C)C(=O)c2ccc(=O)[nH]c2)C1(C)C. The van der Waals surface area contributed by atoms with Gasteiger partial charge in [-0.2, -0.15) is 0 Å². The molecule has 1 saturated carbocycles. The number of ether oxygens (including phenoxy) is 1. The average molecular weight is 278 g/mol. The van der Waals surface area contributed by atoms with E-state index in [2.05, 4.69) is 18.8 Å². The standard InChI is InChI=1S/C15H22N2O3/c1-5-20-12-8-11(15(12,2)3)17(4)14(19)10-6-7-13(18)16-9-10/h6-7,9,11-12H,5,8H2,1-4H3,(H,16,18)/t11-,12+/m0/s1. The van der Waals surface area contributed by atoms with E-state index in [1.54, 1.807) is 11.0 Å². The zero-order valence-electron chi connectivity index (χ0n) is 12.5. The van der Waals surface area contributed by atoms with E-state index in [1.807, 2.05) is 14.0 Å². The van der Waals surface area contributed by atoms with Gasteiger partial charge >= 0.3 is 0 Å². The zero-order chi connectivity index (χ0) is 14.9. The maximum absolute atomic E-state index is 12.4. The van der Waals surface area contributed by atoms with Crippen molar-refractivity contribution in [3.8, 4) is 0 Å². The molecule has 5 heteroatoms. The molecule has 0 spiro atoms. The summed E-state index contributed by atoms with van der Waals surface area (Å²) in [5, 5.41) is 0. The minimum atomic E-state index is -0.204. The number of H-pyrrole nitrogens is 1. The molecule has 110 valence electrons. The van der Waals surface area contributed by atoms with Crippen LogP contribution in [0.3, 0.4) is 0 Å². The molecule has 0 saturated heterocycles. The van der Waals surface area contributed by atoms with Crippen LogP contribution in [0.4, 0.5) is 0 Å². The van der Waals surface area contributed by atoms with Crippen molar-refractivity contribution in [3.63, 3.8) is 0 Å². The summed E-state index contributed by atoms with van der Waals surface area (Å²) in [6, 6.07) is 3.08. The van der Waals surface area contributed by atoms with E-state index >= 15 is 0 Å². The predicted octanol–water partition coefficient (Wildman–Crippen LogP) is 1.65. The van der Waals surface area contributed by atoms with Gasteiger partial charge < -0.3 is 14.6 Å². The summed E-state index contributed by atoms with van der Waals surface area (Å²) in [7, 11) is 1.81. The Hall–Kier alpha value is -1.62. The first-order chi connectivity index (χ1) is 9.37. The fraction of sp³-hybridized carbons (Fsp3) is 0.600. The van der Waals surface area contributed by atoms with E-state index in [9.17, 15) is 9.59 Å². The molecule has 1 fully saturated rings. The van der Waals surface area contributed by atoms with Crippen LogP contribution in [0.25, 0.3) is 0 Å². The number of hydrogen-bond acceptors (Lipinski definition) is 3. The first-order valence-corrected chi connectivity index (χ1v) is 6.95. The molecule has 0 bridgehead atoms. The molecule has 0 aliphatic heterocycles. The number of pyridine rings is 1. The van der Waals surface area contributed by atoms with Crippen molar-refractivity contribution in [2.75, 3.05) is 13.7 Å². The Morgan fingerprint density at radius 1 is 1.50 bits per heavy atom. The van der Waals surface area contributed by atoms with E-state index in [-0.39, 0.29) is 29.0 Å². The van der Waals surface area contributed by atoms with Crippen LogP contribution >= 0.6 is 0 Å². The number of nitrogens with one attached hydrogen (secondary N) is 1. The van der Waals surface area contributed by atoms with Gasteiger partial charge in [0.25, 0.3) is 5.91 Å². The first-order valence-electron chi connectivity index (χ1n) is 6.95. The molecule has 0 aromatic carbocycles. The average Bonchev–Trinajstić information content (AvgIpc) is 2.42. The van der Waals surface area contributed by atoms with E-state index in [0.29, 0.717) is 12.2 Å². The van der Waals surface area contributed by atoms with Crippen molar-refractivity contribution in [2.45, 2.75) is 39.3 Å². The van der Waals surface area contributed by atoms with Crippen LogP contribution in [0.2, 0.25) is 0 Å². The molecule has 1 amide bonds. The lowest BCUT2D eigenvalue weighted by atomic mass is 9.63. The fourth-order valence-electron chi connectivity index (χ4n) is 2.89. The molecule has 1 aliphatic rings. The zero-order valence-corrected chi connectivity index (χ0v) is 12.5. The smallest absolute Gasteiger partial charge is 0.255 e. The number of carbonyl (C=O) groups is 1. The third kappa shape index (κ3) is 2.50. The van der Waals surface area contributed by atoms with Crippen LogP contribution in [0.15, 0.2) is 23.1 Å². The summed E-state index contributed by atoms with van der Waals surface area (Å²) < 4.78 is 5.69. The largest absolute Gasteiger partial charge is 0.378 e. The second-order valence-electron chi connectivity index (χ2n) is 5.87. The van der Waals surface area contributed by atoms with E-state index in [4.69, 9.17) is 4.74 Å². The number of hydrogen-bond donors (Lipinski definition) is 1. The van der Waals surface area contributed by atoms with Gasteiger partial charge in [0.1, 0.15) is 0 Å². The van der Waals surface area contributed by atoms with E-state index in [0.717, 1.165) is 6.42 Å². The minimum Gasteiger partial charge on any atom is -0.378 e. The van der Waals surface area contributed by atoms with Gasteiger partial charge in [0, 0.05) is 37.4 Å². The lowest BCUT2D eigenvalue weighted by Crippen LogP contribution is -2.62. The van der Waals surface area contributed by atoms with Gasteiger partial charge in [-0.1, -0.05) is 13.8 Å². The molecular formula is C15H22N2O3. The molecule has 2 rings (SSSR count). The maximum atomic E-state index is 12.4. The van der Waals surface area contributed by atoms with Gasteiger partial charge in [-0.25, -0.2) is 0 Å². The van der Waals surface area contributed by atoms with Crippen molar-refractivity contribution < 1.29 is 9.53 Å². The van der Waals surface area contributed by atoms with Gasteiger partial charge in [-0.05, 0) is 19.4 Å². The Morgan fingerprint density at radius 3 is 2.70 bits per heavy atom. The highest BCUT2D eigenvalue weighted by atomic mass is 16.5. The Morgan fingerprint density at radius 2 is 2.20 bits per heavy atom. The van der Waals surface area contributed by atoms with Crippen molar-refractivity contribution in [2.24, 2.45) is 5.41 Å². The number of aromatic nitrogens is 1. The molecule has 1 N–H and O–H groups in total. The number of carbonyl (C=O) groups excluding carboxylic acids is 1. The minimum absolute atomic E-state index is 0.0530. The van der Waals surface area contributed by atoms with Gasteiger partial charge in [0.2, 0.25) is 5.56 Å². The monoisotopic (exact) mass is 278 g/mol. The number of aromatic amines is 1. The van der Waals surface area contributed by atoms with Gasteiger partial charge in [-0.15, -0.1) is 0 Å². The van der Waals surface area contributed by atoms with Gasteiger partial charge in [0.05, 0.1) is 11.7 Å². The normalized spacial score (nSPS) is 24.0. The van der Waals surface area contributed by atoms with Crippen LogP contribution in [0.5, 0.6) is 0 Å². The molecule has 1 aromatic rings. The first kappa shape index (κ1) is 14.8. The summed E-state index contributed by atoms with van der Waals surface area (Å²) in [5.41, 5.74) is 0.246. The number of nitrogens with zero attached hydrogens (tertiary/aromatic N) is 1. The van der Waals surface area contributed by atoms with Crippen LogP contribution < -0.4 is 5.56 Å². The lowest BCUT2D eigenvalue weighted by molar-refractivity contribution is -0.136. The summed E-state index contributed by atoms with van der Waals surface area (Å²) in [4.78, 5) is 27.7. The predicted molar refractivity (Wildman–Crippen MR) is 76.8 cm³/mol. The molecule has 0 unspecified atom stereocenters. The highest BCUT2D eigenvalue weighted by molar-refractivity contribution is 5.94. The topological polar surface area (TPSA) is 62.4 Å². The van der Waals surface area contributed by atoms with Gasteiger partial charge in [0.15, 0.2) is 0 Å². The molecule has 0 radical (unpaired) electrons. The van der Waals surface area contributed by atoms with E-state index in [1.165, 1.54) is 12.3 Å². The highest BCUT2D eigenvalue weighted by Gasteiger charge is 2.51. The Kier molecular flexibility index (Phi) is 3.99. The molecular weight excluding hydrogens is 256 g/mol. The molecule has 1 aromatic heterocycles. The van der Waals surface area contributed by atoms with Crippen molar-refractivity contribution in [1.82, 2.24) is 9.88 Å². The van der Waals surface area contributed by atoms with Crippen molar-refractivity contribution >= 4 is 5.91 Å². The second kappa shape index (κ2) is 5.40. The number of rotatable bonds is 4. The Bertz CT molecular complexity index is 530. The summed E-state index contributed by atoms with van der Waals surface area (Å²) in [6.45, 7) is 6.92. The Labute approximate surface area is 118 Å². The van der Waals surface area contributed by atoms with Crippen LogP contribution in [-0.4, -0.2) is 41.6 Å².